The number of ether oxygens (including phenoxy) is 2. The number of nitrogens with zero attached hydrogens (tertiary/aromatic N) is 1. The van der Waals surface area contributed by atoms with Gasteiger partial charge in [0, 0.05) is 11.1 Å². The zero-order valence-corrected chi connectivity index (χ0v) is 24.6. The minimum atomic E-state index is -1.60. The second-order valence-electron chi connectivity index (χ2n) is 9.05. The lowest BCUT2D eigenvalue weighted by Gasteiger charge is -2.16. The number of carbonyl (C=O) groups is 1. The van der Waals surface area contributed by atoms with Gasteiger partial charge < -0.3 is 14.0 Å². The summed E-state index contributed by atoms with van der Waals surface area (Å²) in [5.74, 6) is 1.05. The predicted molar refractivity (Wildman–Crippen MR) is 168 cm³/mol. The Kier molecular flexibility index (Phi) is 10.8. The van der Waals surface area contributed by atoms with Crippen molar-refractivity contribution in [2.45, 2.75) is 13.5 Å². The van der Waals surface area contributed by atoms with Crippen molar-refractivity contribution in [2.75, 3.05) is 25.6 Å². The first-order valence-electron chi connectivity index (χ1n) is 13.1. The molecular formula is C33H33N2O6P. The lowest BCUT2D eigenvalue weighted by molar-refractivity contribution is 0.155. The average Bonchev–Trinajstić information content (AvgIpc) is 3.01. The molecule has 8 nitrogen and oxygen atoms in total. The molecule has 0 saturated carbocycles. The van der Waals surface area contributed by atoms with Crippen LogP contribution in [0, 0.1) is 6.92 Å². The number of nitrogens with one attached hydrogen (secondary N) is 1. The quantitative estimate of drug-likeness (QED) is 0.118. The molecule has 0 bridgehead atoms. The molecule has 1 aromatic heterocycles. The molecular weight excluding hydrogens is 551 g/mol. The van der Waals surface area contributed by atoms with E-state index in [1.54, 1.807) is 49.6 Å². The van der Waals surface area contributed by atoms with Gasteiger partial charge in [-0.2, -0.15) is 0 Å². The highest BCUT2D eigenvalue weighted by atomic mass is 31.2. The minimum Gasteiger partial charge on any atom is -0.495 e. The summed E-state index contributed by atoms with van der Waals surface area (Å²) in [6.07, 6.45) is 2.61. The summed E-state index contributed by atoms with van der Waals surface area (Å²) >= 11 is 0. The van der Waals surface area contributed by atoms with E-state index in [4.69, 9.17) is 23.0 Å². The van der Waals surface area contributed by atoms with Gasteiger partial charge in [-0.3, -0.25) is 19.3 Å². The van der Waals surface area contributed by atoms with Gasteiger partial charge in [0.2, 0.25) is 0 Å². The van der Waals surface area contributed by atoms with Crippen molar-refractivity contribution in [1.82, 2.24) is 4.98 Å². The maximum Gasteiger partial charge on any atom is 0.412 e. The Hall–Kier alpha value is -4.49. The molecule has 0 saturated heterocycles. The summed E-state index contributed by atoms with van der Waals surface area (Å²) in [6, 6.07) is 22.6. The molecule has 0 aliphatic heterocycles. The number of hydrogen-bond donors (Lipinski definition) is 1. The Labute approximate surface area is 247 Å². The molecule has 0 atom stereocenters. The van der Waals surface area contributed by atoms with Gasteiger partial charge in [-0.15, -0.1) is 13.2 Å². The van der Waals surface area contributed by atoms with Crippen molar-refractivity contribution in [1.29, 1.82) is 0 Å². The largest absolute Gasteiger partial charge is 0.495 e. The third-order valence-corrected chi connectivity index (χ3v) is 7.10. The summed E-state index contributed by atoms with van der Waals surface area (Å²) in [4.78, 5) is 17.4. The van der Waals surface area contributed by atoms with E-state index in [1.807, 2.05) is 49.4 Å². The zero-order valence-electron chi connectivity index (χ0n) is 23.7. The van der Waals surface area contributed by atoms with Crippen LogP contribution in [0.25, 0.3) is 16.5 Å². The SMILES string of the molecule is C=CCOP(OCC=C)Oc1ccc(COC(=O)Nc2cc(C(=C)c3cc(C)nc4ccccc34)ccc2OC)cc1. The maximum atomic E-state index is 12.7. The van der Waals surface area contributed by atoms with Crippen LogP contribution in [0.3, 0.4) is 0 Å². The van der Waals surface area contributed by atoms with Gasteiger partial charge in [0.1, 0.15) is 18.1 Å². The molecule has 4 rings (SSSR count). The first-order valence-corrected chi connectivity index (χ1v) is 14.2. The molecule has 0 aliphatic carbocycles. The molecule has 4 aromatic rings. The van der Waals surface area contributed by atoms with E-state index in [0.29, 0.717) is 30.4 Å². The molecule has 1 N–H and O–H groups in total. The number of carbonyl (C=O) groups excluding carboxylic acids is 1. The van der Waals surface area contributed by atoms with Crippen LogP contribution in [-0.2, 0) is 20.4 Å². The summed E-state index contributed by atoms with van der Waals surface area (Å²) in [5.41, 5.74) is 5.62. The average molecular weight is 585 g/mol. The van der Waals surface area contributed by atoms with Crippen LogP contribution < -0.4 is 14.6 Å². The van der Waals surface area contributed by atoms with Crippen molar-refractivity contribution in [2.24, 2.45) is 0 Å². The highest BCUT2D eigenvalue weighted by Gasteiger charge is 2.16. The molecule has 216 valence electrons. The molecule has 1 heterocycles. The molecule has 0 unspecified atom stereocenters. The summed E-state index contributed by atoms with van der Waals surface area (Å²) in [6.45, 7) is 14.2. The topological polar surface area (TPSA) is 88.1 Å². The van der Waals surface area contributed by atoms with E-state index < -0.39 is 14.7 Å². The van der Waals surface area contributed by atoms with Crippen LogP contribution in [0.15, 0.2) is 105 Å². The molecule has 1 amide bonds. The molecule has 0 radical (unpaired) electrons. The molecule has 9 heteroatoms. The second kappa shape index (κ2) is 14.9. The highest BCUT2D eigenvalue weighted by Crippen LogP contribution is 2.40. The molecule has 3 aromatic carbocycles. The van der Waals surface area contributed by atoms with Crippen LogP contribution >= 0.6 is 8.60 Å². The van der Waals surface area contributed by atoms with E-state index in [0.717, 1.165) is 38.9 Å². The zero-order chi connectivity index (χ0) is 29.9. The third kappa shape index (κ3) is 8.04. The first-order chi connectivity index (χ1) is 20.4. The number of fused-ring (bicyclic) bond motifs is 1. The minimum absolute atomic E-state index is 0.0534. The number of amides is 1. The van der Waals surface area contributed by atoms with Gasteiger partial charge in [-0.25, -0.2) is 4.79 Å². The molecule has 0 aliphatic rings. The number of para-hydroxylation sites is 1. The number of pyridine rings is 1. The second-order valence-corrected chi connectivity index (χ2v) is 10.2. The van der Waals surface area contributed by atoms with E-state index in [2.05, 4.69) is 30.0 Å². The third-order valence-electron chi connectivity index (χ3n) is 6.02. The van der Waals surface area contributed by atoms with Crippen LogP contribution in [0.2, 0.25) is 0 Å². The highest BCUT2D eigenvalue weighted by molar-refractivity contribution is 7.42. The monoisotopic (exact) mass is 584 g/mol. The Morgan fingerprint density at radius 3 is 2.38 bits per heavy atom. The van der Waals surface area contributed by atoms with Gasteiger partial charge >= 0.3 is 14.7 Å². The Bertz CT molecular complexity index is 1560. The standard InChI is InChI=1S/C33H33N2O6P/c1-6-18-39-42(40-19-7-2)41-27-15-12-25(13-16-27)22-38-33(36)35-31-21-26(14-17-32(31)37-5)24(4)29-20-23(3)34-30-11-9-8-10-28(29)30/h6-17,20-21H,1-2,4,18-19,22H2,3,5H3,(H,35,36). The van der Waals surface area contributed by atoms with Crippen LogP contribution in [0.4, 0.5) is 10.5 Å². The van der Waals surface area contributed by atoms with Crippen LogP contribution in [0.1, 0.15) is 22.4 Å². The fraction of sp³-hybridized carbons (Fsp3) is 0.152. The Balaban J connectivity index is 1.41. The first kappa shape index (κ1) is 30.5. The van der Waals surface area contributed by atoms with Crippen molar-refractivity contribution in [3.8, 4) is 11.5 Å². The Morgan fingerprint density at radius 1 is 0.976 bits per heavy atom. The molecule has 0 fully saturated rings. The van der Waals surface area contributed by atoms with E-state index in [-0.39, 0.29) is 6.61 Å². The maximum absolute atomic E-state index is 12.7. The number of methoxy groups -OCH3 is 1. The number of hydrogen-bond acceptors (Lipinski definition) is 7. The van der Waals surface area contributed by atoms with Gasteiger partial charge in [0.25, 0.3) is 0 Å². The van der Waals surface area contributed by atoms with Crippen molar-refractivity contribution < 1.29 is 27.8 Å². The number of aryl methyl sites for hydroxylation is 1. The summed E-state index contributed by atoms with van der Waals surface area (Å²) in [7, 11) is -0.0600. The van der Waals surface area contributed by atoms with E-state index in [1.165, 1.54) is 0 Å². The van der Waals surface area contributed by atoms with Gasteiger partial charge in [0.15, 0.2) is 0 Å². The van der Waals surface area contributed by atoms with Crippen LogP contribution in [0.5, 0.6) is 11.5 Å². The molecule has 42 heavy (non-hydrogen) atoms. The number of aromatic nitrogens is 1. The number of rotatable bonds is 14. The summed E-state index contributed by atoms with van der Waals surface area (Å²) < 4.78 is 27.8. The fourth-order valence-electron chi connectivity index (χ4n) is 4.05. The normalized spacial score (nSPS) is 10.7. The van der Waals surface area contributed by atoms with Gasteiger partial charge in [-0.05, 0) is 65.6 Å². The predicted octanol–water partition coefficient (Wildman–Crippen LogP) is 8.37. The fourth-order valence-corrected chi connectivity index (χ4v) is 4.98. The van der Waals surface area contributed by atoms with E-state index in [9.17, 15) is 4.79 Å². The van der Waals surface area contributed by atoms with E-state index >= 15 is 0 Å². The Morgan fingerprint density at radius 2 is 1.69 bits per heavy atom. The van der Waals surface area contributed by atoms with Gasteiger partial charge in [-0.1, -0.05) is 55.1 Å². The van der Waals surface area contributed by atoms with Crippen LogP contribution in [-0.4, -0.2) is 31.4 Å². The van der Waals surface area contributed by atoms with Crippen molar-refractivity contribution >= 4 is 36.9 Å². The van der Waals surface area contributed by atoms with Crippen molar-refractivity contribution in [3.05, 3.63) is 127 Å². The smallest absolute Gasteiger partial charge is 0.412 e. The van der Waals surface area contributed by atoms with Gasteiger partial charge in [0.05, 0.1) is 31.5 Å². The lowest BCUT2D eigenvalue weighted by Crippen LogP contribution is -2.14. The number of benzene rings is 3. The molecule has 0 spiro atoms. The summed E-state index contributed by atoms with van der Waals surface area (Å²) in [5, 5.41) is 3.79. The van der Waals surface area contributed by atoms with Crippen molar-refractivity contribution in [3.63, 3.8) is 0 Å². The lowest BCUT2D eigenvalue weighted by atomic mass is 9.95. The number of anilines is 1.